The fourth-order valence-electron chi connectivity index (χ4n) is 3.70. The monoisotopic (exact) mass is 356 g/mol. The number of rotatable bonds is 5. The van der Waals surface area contributed by atoms with Crippen LogP contribution in [-0.4, -0.2) is 44.8 Å². The van der Waals surface area contributed by atoms with Crippen LogP contribution in [0.15, 0.2) is 23.3 Å². The summed E-state index contributed by atoms with van der Waals surface area (Å²) in [6.07, 6.45) is 7.51. The Hall–Kier alpha value is -2.64. The third kappa shape index (κ3) is 3.63. The number of hydrogen-bond acceptors (Lipinski definition) is 5. The topological polar surface area (TPSA) is 95.9 Å². The summed E-state index contributed by atoms with van der Waals surface area (Å²) in [7, 11) is 0. The van der Waals surface area contributed by atoms with Crippen LogP contribution in [0.4, 0.5) is 5.95 Å². The van der Waals surface area contributed by atoms with Gasteiger partial charge in [0.1, 0.15) is 6.54 Å². The van der Waals surface area contributed by atoms with Crippen LogP contribution in [0, 0.1) is 6.92 Å². The third-order valence-corrected chi connectivity index (χ3v) is 5.14. The number of aryl methyl sites for hydroxylation is 1. The van der Waals surface area contributed by atoms with Crippen LogP contribution >= 0.6 is 0 Å². The summed E-state index contributed by atoms with van der Waals surface area (Å²) in [5.41, 5.74) is 1.78. The van der Waals surface area contributed by atoms with Gasteiger partial charge >= 0.3 is 0 Å². The first-order valence-electron chi connectivity index (χ1n) is 9.21. The SMILES string of the molecule is Cc1cnn(CC(=O)NC2CC(c3cc(=O)[nH]c(N4CCCC4)n3)C2)c1. The highest BCUT2D eigenvalue weighted by atomic mass is 16.2. The second-order valence-electron chi connectivity index (χ2n) is 7.34. The van der Waals surface area contributed by atoms with Gasteiger partial charge in [0.05, 0.1) is 11.9 Å². The molecule has 2 aromatic rings. The number of nitrogens with zero attached hydrogens (tertiary/aromatic N) is 4. The predicted molar refractivity (Wildman–Crippen MR) is 97.2 cm³/mol. The summed E-state index contributed by atoms with van der Waals surface area (Å²) in [4.78, 5) is 33.7. The quantitative estimate of drug-likeness (QED) is 0.831. The molecule has 1 saturated carbocycles. The molecule has 2 fully saturated rings. The number of H-pyrrole nitrogens is 1. The maximum Gasteiger partial charge on any atom is 0.252 e. The van der Waals surface area contributed by atoms with E-state index in [1.165, 1.54) is 0 Å². The van der Waals surface area contributed by atoms with Crippen molar-refractivity contribution in [3.8, 4) is 0 Å². The van der Waals surface area contributed by atoms with Crippen LogP contribution in [0.3, 0.4) is 0 Å². The second kappa shape index (κ2) is 6.93. The molecule has 2 N–H and O–H groups in total. The molecule has 2 aliphatic rings. The van der Waals surface area contributed by atoms with E-state index < -0.39 is 0 Å². The number of carbonyl (C=O) groups is 1. The molecule has 0 bridgehead atoms. The average Bonchev–Trinajstić information content (AvgIpc) is 3.21. The van der Waals surface area contributed by atoms with Crippen molar-refractivity contribution in [2.24, 2.45) is 0 Å². The van der Waals surface area contributed by atoms with Crippen molar-refractivity contribution in [2.45, 2.75) is 51.1 Å². The number of aromatic amines is 1. The van der Waals surface area contributed by atoms with Gasteiger partial charge in [-0.1, -0.05) is 0 Å². The Morgan fingerprint density at radius 3 is 2.81 bits per heavy atom. The van der Waals surface area contributed by atoms with Crippen LogP contribution in [0.25, 0.3) is 0 Å². The van der Waals surface area contributed by atoms with Crippen LogP contribution < -0.4 is 15.8 Å². The summed E-state index contributed by atoms with van der Waals surface area (Å²) < 4.78 is 1.64. The van der Waals surface area contributed by atoms with Crippen LogP contribution in [-0.2, 0) is 11.3 Å². The first-order chi connectivity index (χ1) is 12.6. The Morgan fingerprint density at radius 1 is 1.35 bits per heavy atom. The Balaban J connectivity index is 1.33. The minimum absolute atomic E-state index is 0.0341. The summed E-state index contributed by atoms with van der Waals surface area (Å²) in [5, 5.41) is 7.16. The maximum absolute atomic E-state index is 12.1. The van der Waals surface area contributed by atoms with Crippen LogP contribution in [0.5, 0.6) is 0 Å². The highest BCUT2D eigenvalue weighted by molar-refractivity contribution is 5.76. The van der Waals surface area contributed by atoms with Crippen molar-refractivity contribution in [1.29, 1.82) is 0 Å². The number of amides is 1. The number of carbonyl (C=O) groups excluding carboxylic acids is 1. The van der Waals surface area contributed by atoms with E-state index in [-0.39, 0.29) is 30.0 Å². The van der Waals surface area contributed by atoms with Crippen molar-refractivity contribution in [1.82, 2.24) is 25.1 Å². The molecule has 0 unspecified atom stereocenters. The summed E-state index contributed by atoms with van der Waals surface area (Å²) in [5.74, 6) is 0.885. The molecule has 138 valence electrons. The molecule has 0 radical (unpaired) electrons. The van der Waals surface area contributed by atoms with Crippen LogP contribution in [0.1, 0.15) is 42.9 Å². The van der Waals surface area contributed by atoms with Crippen molar-refractivity contribution in [2.75, 3.05) is 18.0 Å². The molecule has 8 nitrogen and oxygen atoms in total. The van der Waals surface area contributed by atoms with E-state index in [4.69, 9.17) is 0 Å². The molecule has 0 aromatic carbocycles. The predicted octanol–water partition coefficient (Wildman–Crippen LogP) is 0.937. The fraction of sp³-hybridized carbons (Fsp3) is 0.556. The zero-order valence-electron chi connectivity index (χ0n) is 14.9. The van der Waals surface area contributed by atoms with Crippen molar-refractivity contribution >= 4 is 11.9 Å². The highest BCUT2D eigenvalue weighted by Gasteiger charge is 2.33. The lowest BCUT2D eigenvalue weighted by Crippen LogP contribution is -2.45. The number of hydrogen-bond donors (Lipinski definition) is 2. The largest absolute Gasteiger partial charge is 0.352 e. The van der Waals surface area contributed by atoms with Gasteiger partial charge in [0.15, 0.2) is 0 Å². The average molecular weight is 356 g/mol. The first kappa shape index (κ1) is 16.8. The minimum atomic E-state index is -0.0987. The van der Waals surface area contributed by atoms with Gasteiger partial charge in [0.25, 0.3) is 5.56 Å². The molecule has 3 heterocycles. The Kier molecular flexibility index (Phi) is 4.48. The standard InChI is InChI=1S/C18H24N6O2/c1-12-9-19-24(10-12)11-17(26)20-14-6-13(7-14)15-8-16(25)22-18(21-15)23-4-2-3-5-23/h8-10,13-14H,2-7,11H2,1H3,(H,20,26)(H,21,22,25). The van der Waals surface area contributed by atoms with E-state index in [1.54, 1.807) is 16.9 Å². The van der Waals surface area contributed by atoms with Gasteiger partial charge in [0.2, 0.25) is 11.9 Å². The van der Waals surface area contributed by atoms with Gasteiger partial charge in [-0.3, -0.25) is 19.3 Å². The third-order valence-electron chi connectivity index (χ3n) is 5.14. The molecule has 1 amide bonds. The van der Waals surface area contributed by atoms with Crippen LogP contribution in [0.2, 0.25) is 0 Å². The van der Waals surface area contributed by atoms with Crippen molar-refractivity contribution in [3.05, 3.63) is 40.1 Å². The van der Waals surface area contributed by atoms with E-state index in [0.29, 0.717) is 5.95 Å². The minimum Gasteiger partial charge on any atom is -0.352 e. The first-order valence-corrected chi connectivity index (χ1v) is 9.21. The lowest BCUT2D eigenvalue weighted by molar-refractivity contribution is -0.123. The smallest absolute Gasteiger partial charge is 0.252 e. The fourth-order valence-corrected chi connectivity index (χ4v) is 3.70. The molecule has 8 heteroatoms. The number of aromatic nitrogens is 4. The molecule has 0 atom stereocenters. The van der Waals surface area contributed by atoms with Gasteiger partial charge in [-0.05, 0) is 38.2 Å². The van der Waals surface area contributed by atoms with Gasteiger partial charge in [0, 0.05) is 37.3 Å². The normalized spacial score (nSPS) is 22.3. The lowest BCUT2D eigenvalue weighted by Gasteiger charge is -2.35. The molecule has 26 heavy (non-hydrogen) atoms. The zero-order chi connectivity index (χ0) is 18.1. The molecule has 2 aromatic heterocycles. The zero-order valence-corrected chi connectivity index (χ0v) is 14.9. The van der Waals surface area contributed by atoms with E-state index in [0.717, 1.165) is 50.0 Å². The summed E-state index contributed by atoms with van der Waals surface area (Å²) >= 11 is 0. The van der Waals surface area contributed by atoms with Crippen molar-refractivity contribution in [3.63, 3.8) is 0 Å². The van der Waals surface area contributed by atoms with Gasteiger partial charge in [-0.25, -0.2) is 4.98 Å². The molecule has 4 rings (SSSR count). The molecule has 0 spiro atoms. The van der Waals surface area contributed by atoms with E-state index in [2.05, 4.69) is 25.3 Å². The summed E-state index contributed by atoms with van der Waals surface area (Å²) in [6.45, 7) is 4.07. The molecule has 1 aliphatic carbocycles. The maximum atomic E-state index is 12.1. The van der Waals surface area contributed by atoms with Gasteiger partial charge in [-0.15, -0.1) is 0 Å². The van der Waals surface area contributed by atoms with E-state index in [1.807, 2.05) is 13.1 Å². The Labute approximate surface area is 151 Å². The molecular weight excluding hydrogens is 332 g/mol. The summed E-state index contributed by atoms with van der Waals surface area (Å²) in [6, 6.07) is 1.73. The Morgan fingerprint density at radius 2 is 2.12 bits per heavy atom. The van der Waals surface area contributed by atoms with E-state index in [9.17, 15) is 9.59 Å². The second-order valence-corrected chi connectivity index (χ2v) is 7.34. The highest BCUT2D eigenvalue weighted by Crippen LogP contribution is 2.36. The Bertz CT molecular complexity index is 845. The molecule has 1 saturated heterocycles. The van der Waals surface area contributed by atoms with Crippen molar-refractivity contribution < 1.29 is 4.79 Å². The number of anilines is 1. The molecular formula is C18H24N6O2. The van der Waals surface area contributed by atoms with Gasteiger partial charge < -0.3 is 10.2 Å². The molecule has 1 aliphatic heterocycles. The number of nitrogens with one attached hydrogen (secondary N) is 2. The lowest BCUT2D eigenvalue weighted by atomic mass is 9.78. The van der Waals surface area contributed by atoms with Gasteiger partial charge in [-0.2, -0.15) is 5.10 Å². The van der Waals surface area contributed by atoms with E-state index >= 15 is 0 Å².